The van der Waals surface area contributed by atoms with E-state index in [0.29, 0.717) is 5.92 Å². The minimum absolute atomic E-state index is 0.214. The number of nitrogens with one attached hydrogen (secondary N) is 1. The molecule has 0 radical (unpaired) electrons. The summed E-state index contributed by atoms with van der Waals surface area (Å²) in [7, 11) is 0. The molecule has 2 heteroatoms. The number of aryl methyl sites for hydroxylation is 1. The molecule has 2 nitrogen and oxygen atoms in total. The zero-order chi connectivity index (χ0) is 12.8. The molecule has 0 heterocycles. The quantitative estimate of drug-likeness (QED) is 0.794. The maximum atomic E-state index is 9.62. The van der Waals surface area contributed by atoms with Crippen molar-refractivity contribution < 1.29 is 5.11 Å². The molecule has 1 aromatic rings. The van der Waals surface area contributed by atoms with Crippen molar-refractivity contribution in [3.63, 3.8) is 0 Å². The Labute approximate surface area is 110 Å². The molecule has 0 amide bonds. The predicted octanol–water partition coefficient (Wildman–Crippen LogP) is 3.74. The van der Waals surface area contributed by atoms with Crippen LogP contribution in [0.1, 0.15) is 44.1 Å². The number of anilines is 1. The van der Waals surface area contributed by atoms with Crippen LogP contribution in [-0.2, 0) is 0 Å². The van der Waals surface area contributed by atoms with E-state index < -0.39 is 0 Å². The van der Waals surface area contributed by atoms with Crippen molar-refractivity contribution in [1.82, 2.24) is 0 Å². The maximum Gasteiger partial charge on any atom is 0.0635 e. The molecule has 18 heavy (non-hydrogen) atoms. The highest BCUT2D eigenvalue weighted by atomic mass is 16.3. The molecule has 0 bridgehead atoms. The molecule has 0 aliphatic heterocycles. The Balaban J connectivity index is 1.97. The van der Waals surface area contributed by atoms with Crippen LogP contribution < -0.4 is 5.32 Å². The summed E-state index contributed by atoms with van der Waals surface area (Å²) in [6.45, 7) is 2.33. The van der Waals surface area contributed by atoms with E-state index in [1.54, 1.807) is 0 Å². The number of aliphatic hydroxyl groups excluding tert-OH is 1. The van der Waals surface area contributed by atoms with Gasteiger partial charge in [0.2, 0.25) is 0 Å². The van der Waals surface area contributed by atoms with Gasteiger partial charge in [-0.05, 0) is 37.8 Å². The fraction of sp³-hybridized carbons (Fsp3) is 0.625. The molecular weight excluding hydrogens is 222 g/mol. The first-order chi connectivity index (χ1) is 8.79. The minimum Gasteiger partial charge on any atom is -0.394 e. The number of aliphatic hydroxyl groups is 1. The lowest BCUT2D eigenvalue weighted by Crippen LogP contribution is -2.32. The van der Waals surface area contributed by atoms with Crippen LogP contribution >= 0.6 is 0 Å². The lowest BCUT2D eigenvalue weighted by Gasteiger charge is -2.26. The molecule has 1 unspecified atom stereocenters. The van der Waals surface area contributed by atoms with Crippen molar-refractivity contribution in [2.24, 2.45) is 5.92 Å². The summed E-state index contributed by atoms with van der Waals surface area (Å²) in [6.07, 6.45) is 7.86. The van der Waals surface area contributed by atoms with Crippen molar-refractivity contribution >= 4 is 5.69 Å². The zero-order valence-corrected chi connectivity index (χ0v) is 11.4. The van der Waals surface area contributed by atoms with Crippen LogP contribution in [0.15, 0.2) is 24.3 Å². The Morgan fingerprint density at radius 3 is 2.28 bits per heavy atom. The van der Waals surface area contributed by atoms with Gasteiger partial charge in [-0.15, -0.1) is 0 Å². The van der Waals surface area contributed by atoms with Crippen LogP contribution in [0.4, 0.5) is 5.69 Å². The van der Waals surface area contributed by atoms with E-state index in [1.807, 2.05) is 0 Å². The van der Waals surface area contributed by atoms with Crippen LogP contribution in [0.5, 0.6) is 0 Å². The average molecular weight is 247 g/mol. The summed E-state index contributed by atoms with van der Waals surface area (Å²) in [5, 5.41) is 13.1. The molecule has 2 N–H and O–H groups in total. The smallest absolute Gasteiger partial charge is 0.0635 e. The molecule has 1 aliphatic carbocycles. The van der Waals surface area contributed by atoms with Gasteiger partial charge >= 0.3 is 0 Å². The van der Waals surface area contributed by atoms with Gasteiger partial charge in [-0.2, -0.15) is 0 Å². The minimum atomic E-state index is 0.214. The number of benzene rings is 1. The summed E-state index contributed by atoms with van der Waals surface area (Å²) in [6, 6.07) is 8.66. The first-order valence-electron chi connectivity index (χ1n) is 7.23. The predicted molar refractivity (Wildman–Crippen MR) is 76.9 cm³/mol. The van der Waals surface area contributed by atoms with E-state index >= 15 is 0 Å². The molecular formula is C16H25NO. The van der Waals surface area contributed by atoms with Gasteiger partial charge in [0.15, 0.2) is 0 Å². The number of hydrogen-bond donors (Lipinski definition) is 2. The standard InChI is InChI=1S/C16H25NO/c1-13-8-10-15(11-9-13)17-16(12-18)14-6-4-2-3-5-7-14/h8-11,14,16-18H,2-7,12H2,1H3. The molecule has 1 saturated carbocycles. The third-order valence-electron chi connectivity index (χ3n) is 4.07. The lowest BCUT2D eigenvalue weighted by atomic mass is 9.92. The monoisotopic (exact) mass is 247 g/mol. The molecule has 0 spiro atoms. The van der Waals surface area contributed by atoms with Crippen LogP contribution in [0.25, 0.3) is 0 Å². The van der Waals surface area contributed by atoms with E-state index in [0.717, 1.165) is 5.69 Å². The Hall–Kier alpha value is -1.02. The van der Waals surface area contributed by atoms with Crippen LogP contribution in [0, 0.1) is 12.8 Å². The van der Waals surface area contributed by atoms with E-state index in [1.165, 1.54) is 44.1 Å². The number of rotatable bonds is 4. The Kier molecular flexibility index (Phi) is 5.06. The van der Waals surface area contributed by atoms with Gasteiger partial charge < -0.3 is 10.4 Å². The molecule has 0 saturated heterocycles. The van der Waals surface area contributed by atoms with Crippen LogP contribution in [0.2, 0.25) is 0 Å². The number of hydrogen-bond acceptors (Lipinski definition) is 2. The van der Waals surface area contributed by atoms with Crippen molar-refractivity contribution in [2.45, 2.75) is 51.5 Å². The first-order valence-corrected chi connectivity index (χ1v) is 7.23. The van der Waals surface area contributed by atoms with E-state index in [2.05, 4.69) is 36.5 Å². The van der Waals surface area contributed by atoms with Crippen molar-refractivity contribution in [3.8, 4) is 0 Å². The van der Waals surface area contributed by atoms with E-state index in [4.69, 9.17) is 0 Å². The fourth-order valence-corrected chi connectivity index (χ4v) is 2.89. The first kappa shape index (κ1) is 13.4. The van der Waals surface area contributed by atoms with Crippen molar-refractivity contribution in [1.29, 1.82) is 0 Å². The van der Waals surface area contributed by atoms with Gasteiger partial charge in [-0.1, -0.05) is 43.4 Å². The summed E-state index contributed by atoms with van der Waals surface area (Å²) < 4.78 is 0. The van der Waals surface area contributed by atoms with Gasteiger partial charge in [0.25, 0.3) is 0 Å². The second-order valence-electron chi connectivity index (χ2n) is 5.55. The highest BCUT2D eigenvalue weighted by Crippen LogP contribution is 2.27. The largest absolute Gasteiger partial charge is 0.394 e. The topological polar surface area (TPSA) is 32.3 Å². The van der Waals surface area contributed by atoms with Gasteiger partial charge in [-0.25, -0.2) is 0 Å². The Morgan fingerprint density at radius 2 is 1.72 bits per heavy atom. The molecule has 100 valence electrons. The molecule has 1 fully saturated rings. The SMILES string of the molecule is Cc1ccc(NC(CO)C2CCCCCC2)cc1. The molecule has 1 atom stereocenters. The van der Waals surface area contributed by atoms with E-state index in [9.17, 15) is 5.11 Å². The summed E-state index contributed by atoms with van der Waals surface area (Å²) in [5.41, 5.74) is 2.40. The van der Waals surface area contributed by atoms with Crippen molar-refractivity contribution in [3.05, 3.63) is 29.8 Å². The van der Waals surface area contributed by atoms with Gasteiger partial charge in [0.1, 0.15) is 0 Å². The molecule has 1 aromatic carbocycles. The highest BCUT2D eigenvalue weighted by Gasteiger charge is 2.21. The third-order valence-corrected chi connectivity index (χ3v) is 4.07. The zero-order valence-electron chi connectivity index (χ0n) is 11.4. The molecule has 0 aromatic heterocycles. The highest BCUT2D eigenvalue weighted by molar-refractivity contribution is 5.45. The Morgan fingerprint density at radius 1 is 1.11 bits per heavy atom. The average Bonchev–Trinajstić information content (AvgIpc) is 2.67. The summed E-state index contributed by atoms with van der Waals surface area (Å²) in [5.74, 6) is 0.624. The van der Waals surface area contributed by atoms with Gasteiger partial charge in [0, 0.05) is 5.69 Å². The normalized spacial score (nSPS) is 19.2. The Bertz CT molecular complexity index is 339. The third kappa shape index (κ3) is 3.74. The van der Waals surface area contributed by atoms with E-state index in [-0.39, 0.29) is 12.6 Å². The van der Waals surface area contributed by atoms with Crippen LogP contribution in [0.3, 0.4) is 0 Å². The summed E-state index contributed by atoms with van der Waals surface area (Å²) in [4.78, 5) is 0. The second-order valence-corrected chi connectivity index (χ2v) is 5.55. The maximum absolute atomic E-state index is 9.62. The van der Waals surface area contributed by atoms with Crippen molar-refractivity contribution in [2.75, 3.05) is 11.9 Å². The van der Waals surface area contributed by atoms with Gasteiger partial charge in [-0.3, -0.25) is 0 Å². The lowest BCUT2D eigenvalue weighted by molar-refractivity contribution is 0.227. The second kappa shape index (κ2) is 6.79. The van der Waals surface area contributed by atoms with Crippen LogP contribution in [-0.4, -0.2) is 17.8 Å². The molecule has 2 rings (SSSR count). The summed E-state index contributed by atoms with van der Waals surface area (Å²) >= 11 is 0. The molecule has 1 aliphatic rings. The van der Waals surface area contributed by atoms with Gasteiger partial charge in [0.05, 0.1) is 12.6 Å². The fourth-order valence-electron chi connectivity index (χ4n) is 2.89.